The van der Waals surface area contributed by atoms with Crippen LogP contribution >= 0.6 is 0 Å². The van der Waals surface area contributed by atoms with Crippen LogP contribution in [0.5, 0.6) is 5.75 Å². The van der Waals surface area contributed by atoms with Gasteiger partial charge < -0.3 is 10.5 Å². The molecular formula is C10H10N4O2. The van der Waals surface area contributed by atoms with E-state index in [1.54, 1.807) is 30.3 Å². The van der Waals surface area contributed by atoms with E-state index in [0.717, 1.165) is 0 Å². The molecule has 0 spiro atoms. The standard InChI is InChI=1S/C10H10N4O2/c1-16-9-5-3-2-4-7(9)13-14-8(6-11)10(12)15/h2-5,8H,1H3,(H2,12,15)/t8-/m1/s1. The summed E-state index contributed by atoms with van der Waals surface area (Å²) in [5.41, 5.74) is 5.37. The number of carbonyl (C=O) groups is 1. The van der Waals surface area contributed by atoms with E-state index in [1.807, 2.05) is 0 Å². The number of azo groups is 1. The molecule has 16 heavy (non-hydrogen) atoms. The summed E-state index contributed by atoms with van der Waals surface area (Å²) in [6.45, 7) is 0. The van der Waals surface area contributed by atoms with Gasteiger partial charge in [0.1, 0.15) is 17.5 Å². The molecule has 0 unspecified atom stereocenters. The molecule has 1 aromatic rings. The summed E-state index contributed by atoms with van der Waals surface area (Å²) in [5.74, 6) is -0.325. The Labute approximate surface area is 92.3 Å². The van der Waals surface area contributed by atoms with Crippen molar-refractivity contribution in [2.24, 2.45) is 16.0 Å². The number of hydrogen-bond donors (Lipinski definition) is 1. The maximum absolute atomic E-state index is 10.7. The van der Waals surface area contributed by atoms with Crippen molar-refractivity contribution in [3.63, 3.8) is 0 Å². The Morgan fingerprint density at radius 1 is 1.56 bits per heavy atom. The highest BCUT2D eigenvalue weighted by Gasteiger charge is 2.12. The number of para-hydroxylation sites is 1. The predicted octanol–water partition coefficient (Wildman–Crippen LogP) is 1.16. The number of rotatable bonds is 4. The minimum atomic E-state index is -1.27. The zero-order chi connectivity index (χ0) is 12.0. The van der Waals surface area contributed by atoms with Crippen LogP contribution in [0.2, 0.25) is 0 Å². The molecule has 0 radical (unpaired) electrons. The van der Waals surface area contributed by atoms with Crippen molar-refractivity contribution in [1.82, 2.24) is 0 Å². The van der Waals surface area contributed by atoms with Gasteiger partial charge in [0.25, 0.3) is 5.91 Å². The minimum Gasteiger partial charge on any atom is -0.494 e. The van der Waals surface area contributed by atoms with Crippen LogP contribution in [0.1, 0.15) is 0 Å². The first-order valence-corrected chi connectivity index (χ1v) is 4.42. The first-order valence-electron chi connectivity index (χ1n) is 4.42. The molecule has 82 valence electrons. The van der Waals surface area contributed by atoms with E-state index in [9.17, 15) is 4.79 Å². The third-order valence-corrected chi connectivity index (χ3v) is 1.76. The van der Waals surface area contributed by atoms with Crippen molar-refractivity contribution in [2.75, 3.05) is 7.11 Å². The fourth-order valence-corrected chi connectivity index (χ4v) is 0.979. The van der Waals surface area contributed by atoms with Gasteiger partial charge in [-0.15, -0.1) is 0 Å². The Morgan fingerprint density at radius 2 is 2.25 bits per heavy atom. The number of amides is 1. The number of benzene rings is 1. The summed E-state index contributed by atoms with van der Waals surface area (Å²) in [4.78, 5) is 10.7. The summed E-state index contributed by atoms with van der Waals surface area (Å²) >= 11 is 0. The van der Waals surface area contributed by atoms with E-state index in [0.29, 0.717) is 11.4 Å². The number of nitrogens with zero attached hydrogens (tertiary/aromatic N) is 3. The average Bonchev–Trinajstić information content (AvgIpc) is 2.30. The van der Waals surface area contributed by atoms with Gasteiger partial charge in [0, 0.05) is 0 Å². The molecule has 2 N–H and O–H groups in total. The average molecular weight is 218 g/mol. The highest BCUT2D eigenvalue weighted by Crippen LogP contribution is 2.26. The summed E-state index contributed by atoms with van der Waals surface area (Å²) in [6.07, 6.45) is 0. The quantitative estimate of drug-likeness (QED) is 0.767. The maximum Gasteiger partial charge on any atom is 0.258 e. The minimum absolute atomic E-state index is 0.437. The molecule has 0 aliphatic heterocycles. The lowest BCUT2D eigenvalue weighted by atomic mass is 10.3. The second kappa shape index (κ2) is 5.46. The van der Waals surface area contributed by atoms with Crippen LogP contribution in [-0.4, -0.2) is 19.1 Å². The third kappa shape index (κ3) is 2.78. The number of ether oxygens (including phenoxy) is 1. The lowest BCUT2D eigenvalue weighted by Crippen LogP contribution is -2.24. The summed E-state index contributed by atoms with van der Waals surface area (Å²) in [7, 11) is 1.49. The first-order chi connectivity index (χ1) is 7.69. The van der Waals surface area contributed by atoms with Gasteiger partial charge in [-0.2, -0.15) is 15.5 Å². The molecule has 0 aliphatic rings. The van der Waals surface area contributed by atoms with Crippen LogP contribution in [-0.2, 0) is 4.79 Å². The molecule has 0 fully saturated rings. The van der Waals surface area contributed by atoms with Crippen molar-refractivity contribution in [1.29, 1.82) is 5.26 Å². The van der Waals surface area contributed by atoms with Gasteiger partial charge in [0.2, 0.25) is 6.04 Å². The zero-order valence-corrected chi connectivity index (χ0v) is 8.62. The number of nitriles is 1. The SMILES string of the molecule is COc1ccccc1N=N[C@H](C#N)C(N)=O. The molecule has 1 atom stereocenters. The molecule has 1 aromatic carbocycles. The Balaban J connectivity index is 2.92. The number of hydrogen-bond acceptors (Lipinski definition) is 5. The summed E-state index contributed by atoms with van der Waals surface area (Å²) in [6, 6.07) is 7.22. The highest BCUT2D eigenvalue weighted by atomic mass is 16.5. The summed E-state index contributed by atoms with van der Waals surface area (Å²) in [5, 5.41) is 15.8. The Hall–Kier alpha value is -2.42. The van der Waals surface area contributed by atoms with Crippen LogP contribution in [0.15, 0.2) is 34.5 Å². The van der Waals surface area contributed by atoms with E-state index in [4.69, 9.17) is 15.7 Å². The second-order valence-corrected chi connectivity index (χ2v) is 2.82. The maximum atomic E-state index is 10.7. The predicted molar refractivity (Wildman–Crippen MR) is 56.1 cm³/mol. The molecule has 1 amide bonds. The molecular weight excluding hydrogens is 208 g/mol. The lowest BCUT2D eigenvalue weighted by molar-refractivity contribution is -0.118. The molecule has 0 aromatic heterocycles. The highest BCUT2D eigenvalue weighted by molar-refractivity contribution is 5.82. The number of methoxy groups -OCH3 is 1. The van der Waals surface area contributed by atoms with Crippen LogP contribution in [0.3, 0.4) is 0 Å². The monoisotopic (exact) mass is 218 g/mol. The van der Waals surface area contributed by atoms with Gasteiger partial charge in [-0.05, 0) is 12.1 Å². The normalized spacial score (nSPS) is 12.0. The van der Waals surface area contributed by atoms with Crippen LogP contribution in [0.25, 0.3) is 0 Å². The van der Waals surface area contributed by atoms with Crippen LogP contribution in [0, 0.1) is 11.3 Å². The van der Waals surface area contributed by atoms with Gasteiger partial charge in [0.05, 0.1) is 7.11 Å². The molecule has 1 rings (SSSR count). The van der Waals surface area contributed by atoms with Crippen LogP contribution in [0.4, 0.5) is 5.69 Å². The number of nitrogens with two attached hydrogens (primary N) is 1. The zero-order valence-electron chi connectivity index (χ0n) is 8.62. The largest absolute Gasteiger partial charge is 0.494 e. The van der Waals surface area contributed by atoms with E-state index >= 15 is 0 Å². The molecule has 0 bridgehead atoms. The van der Waals surface area contributed by atoms with E-state index in [2.05, 4.69) is 10.2 Å². The fraction of sp³-hybridized carbons (Fsp3) is 0.200. The van der Waals surface area contributed by atoms with Gasteiger partial charge in [-0.1, -0.05) is 12.1 Å². The van der Waals surface area contributed by atoms with Gasteiger partial charge in [-0.25, -0.2) is 0 Å². The van der Waals surface area contributed by atoms with Gasteiger partial charge in [0.15, 0.2) is 0 Å². The molecule has 0 heterocycles. The van der Waals surface area contributed by atoms with Gasteiger partial charge in [-0.3, -0.25) is 4.79 Å². The number of primary amides is 1. The van der Waals surface area contributed by atoms with Gasteiger partial charge >= 0.3 is 0 Å². The van der Waals surface area contributed by atoms with Crippen molar-refractivity contribution in [2.45, 2.75) is 6.04 Å². The summed E-state index contributed by atoms with van der Waals surface area (Å²) < 4.78 is 5.02. The fourth-order valence-electron chi connectivity index (χ4n) is 0.979. The first kappa shape index (κ1) is 11.7. The topological polar surface area (TPSA) is 101 Å². The molecule has 6 nitrogen and oxygen atoms in total. The van der Waals surface area contributed by atoms with E-state index < -0.39 is 11.9 Å². The Morgan fingerprint density at radius 3 is 2.81 bits per heavy atom. The Bertz CT molecular complexity index is 450. The van der Waals surface area contributed by atoms with E-state index in [1.165, 1.54) is 7.11 Å². The smallest absolute Gasteiger partial charge is 0.258 e. The Kier molecular flexibility index (Phi) is 3.98. The van der Waals surface area contributed by atoms with Crippen LogP contribution < -0.4 is 10.5 Å². The lowest BCUT2D eigenvalue weighted by Gasteiger charge is -2.02. The van der Waals surface area contributed by atoms with E-state index in [-0.39, 0.29) is 0 Å². The second-order valence-electron chi connectivity index (χ2n) is 2.82. The van der Waals surface area contributed by atoms with Crippen molar-refractivity contribution in [3.05, 3.63) is 24.3 Å². The molecule has 0 saturated carbocycles. The molecule has 0 saturated heterocycles. The molecule has 6 heteroatoms. The van der Waals surface area contributed by atoms with Crippen molar-refractivity contribution >= 4 is 11.6 Å². The van der Waals surface area contributed by atoms with Crippen molar-refractivity contribution in [3.8, 4) is 11.8 Å². The van der Waals surface area contributed by atoms with Crippen molar-refractivity contribution < 1.29 is 9.53 Å². The molecule has 0 aliphatic carbocycles. The third-order valence-electron chi connectivity index (χ3n) is 1.76. The number of carbonyl (C=O) groups excluding carboxylic acids is 1.